The summed E-state index contributed by atoms with van der Waals surface area (Å²) >= 11 is 1.73. The fourth-order valence-electron chi connectivity index (χ4n) is 3.52. The maximum Gasteiger partial charge on any atom is 0.0794 e. The first-order valence-electron chi connectivity index (χ1n) is 9.79. The van der Waals surface area contributed by atoms with Crippen molar-refractivity contribution < 1.29 is 0 Å². The second-order valence-corrected chi connectivity index (χ2v) is 8.39. The van der Waals surface area contributed by atoms with Gasteiger partial charge in [-0.15, -0.1) is 11.3 Å². The molecule has 29 heavy (non-hydrogen) atoms. The van der Waals surface area contributed by atoms with Crippen molar-refractivity contribution in [3.05, 3.63) is 88.9 Å². The molecule has 5 heteroatoms. The minimum atomic E-state index is 0.778. The lowest BCUT2D eigenvalue weighted by molar-refractivity contribution is 0.402. The Hall–Kier alpha value is -2.73. The Bertz CT molecular complexity index is 1030. The number of aromatic nitrogens is 2. The van der Waals surface area contributed by atoms with Crippen LogP contribution < -0.4 is 5.32 Å². The van der Waals surface area contributed by atoms with Crippen molar-refractivity contribution in [2.24, 2.45) is 0 Å². The lowest BCUT2D eigenvalue weighted by atomic mass is 9.98. The predicted molar refractivity (Wildman–Crippen MR) is 122 cm³/mol. The third-order valence-electron chi connectivity index (χ3n) is 4.90. The number of H-pyrrole nitrogens is 1. The van der Waals surface area contributed by atoms with Gasteiger partial charge in [-0.3, -0.25) is 5.10 Å². The Labute approximate surface area is 176 Å². The largest absolute Gasteiger partial charge is 0.308 e. The molecular formula is C24H26N4S. The smallest absolute Gasteiger partial charge is 0.0794 e. The normalized spacial score (nSPS) is 11.3. The number of benzene rings is 2. The molecule has 4 nitrogen and oxygen atoms in total. The van der Waals surface area contributed by atoms with Crippen molar-refractivity contribution in [1.82, 2.24) is 20.4 Å². The standard InChI is InChI=1S/C24H26N4S/c1-28(2)17-18-9-11-19(12-10-18)22-7-4-3-6-20(22)14-25-15-21-16-26-27-24(21)23-8-5-13-29-23/h3-13,16,25H,14-15,17H2,1-2H3,(H,26,27). The van der Waals surface area contributed by atoms with Crippen LogP contribution in [-0.2, 0) is 19.6 Å². The molecule has 4 aromatic rings. The summed E-state index contributed by atoms with van der Waals surface area (Å²) in [5, 5.41) is 13.0. The molecule has 2 aromatic heterocycles. The van der Waals surface area contributed by atoms with E-state index in [0.29, 0.717) is 0 Å². The molecule has 0 unspecified atom stereocenters. The van der Waals surface area contributed by atoms with E-state index in [2.05, 4.69) is 101 Å². The number of thiophene rings is 1. The van der Waals surface area contributed by atoms with Crippen LogP contribution in [0.5, 0.6) is 0 Å². The molecule has 0 aliphatic heterocycles. The van der Waals surface area contributed by atoms with Crippen molar-refractivity contribution in [2.45, 2.75) is 19.6 Å². The second kappa shape index (κ2) is 9.18. The molecule has 0 fully saturated rings. The number of nitrogens with one attached hydrogen (secondary N) is 2. The van der Waals surface area contributed by atoms with E-state index in [1.54, 1.807) is 11.3 Å². The molecule has 0 saturated heterocycles. The van der Waals surface area contributed by atoms with Gasteiger partial charge in [0.2, 0.25) is 0 Å². The third-order valence-corrected chi connectivity index (χ3v) is 5.78. The highest BCUT2D eigenvalue weighted by Crippen LogP contribution is 2.27. The Kier molecular flexibility index (Phi) is 6.20. The number of aromatic amines is 1. The van der Waals surface area contributed by atoms with Crippen molar-refractivity contribution in [3.63, 3.8) is 0 Å². The highest BCUT2D eigenvalue weighted by Gasteiger charge is 2.09. The summed E-state index contributed by atoms with van der Waals surface area (Å²) in [4.78, 5) is 3.41. The fourth-order valence-corrected chi connectivity index (χ4v) is 4.28. The van der Waals surface area contributed by atoms with Crippen LogP contribution in [0.4, 0.5) is 0 Å². The Morgan fingerprint density at radius 1 is 0.931 bits per heavy atom. The van der Waals surface area contributed by atoms with Gasteiger partial charge in [0, 0.05) is 25.2 Å². The van der Waals surface area contributed by atoms with Crippen molar-refractivity contribution >= 4 is 11.3 Å². The first-order chi connectivity index (χ1) is 14.2. The van der Waals surface area contributed by atoms with E-state index in [1.807, 2.05) is 6.20 Å². The van der Waals surface area contributed by atoms with Gasteiger partial charge >= 0.3 is 0 Å². The summed E-state index contributed by atoms with van der Waals surface area (Å²) in [6.07, 6.45) is 1.91. The topological polar surface area (TPSA) is 44.0 Å². The van der Waals surface area contributed by atoms with Crippen LogP contribution in [-0.4, -0.2) is 29.2 Å². The maximum atomic E-state index is 4.24. The van der Waals surface area contributed by atoms with Crippen LogP contribution in [0.25, 0.3) is 21.7 Å². The first-order valence-corrected chi connectivity index (χ1v) is 10.7. The minimum Gasteiger partial charge on any atom is -0.308 e. The summed E-state index contributed by atoms with van der Waals surface area (Å²) in [5.74, 6) is 0. The van der Waals surface area contributed by atoms with Crippen molar-refractivity contribution in [2.75, 3.05) is 14.1 Å². The summed E-state index contributed by atoms with van der Waals surface area (Å²) in [6, 6.07) is 21.7. The van der Waals surface area contributed by atoms with E-state index >= 15 is 0 Å². The SMILES string of the molecule is CN(C)Cc1ccc(-c2ccccc2CNCc2cn[nH]c2-c2cccs2)cc1. The zero-order valence-corrected chi connectivity index (χ0v) is 17.7. The summed E-state index contributed by atoms with van der Waals surface area (Å²) in [7, 11) is 4.19. The van der Waals surface area contributed by atoms with Gasteiger partial charge in [-0.05, 0) is 47.8 Å². The molecule has 4 rings (SSSR count). The van der Waals surface area contributed by atoms with E-state index in [9.17, 15) is 0 Å². The number of rotatable bonds is 8. The molecule has 0 radical (unpaired) electrons. The first kappa shape index (κ1) is 19.6. The zero-order chi connectivity index (χ0) is 20.1. The second-order valence-electron chi connectivity index (χ2n) is 7.44. The average Bonchev–Trinajstić information content (AvgIpc) is 3.40. The van der Waals surface area contributed by atoms with Crippen molar-refractivity contribution in [3.8, 4) is 21.7 Å². The van der Waals surface area contributed by atoms with E-state index in [4.69, 9.17) is 0 Å². The highest BCUT2D eigenvalue weighted by molar-refractivity contribution is 7.13. The van der Waals surface area contributed by atoms with Gasteiger partial charge in [0.15, 0.2) is 0 Å². The minimum absolute atomic E-state index is 0.778. The summed E-state index contributed by atoms with van der Waals surface area (Å²) in [5.41, 5.74) is 7.47. The van der Waals surface area contributed by atoms with Gasteiger partial charge < -0.3 is 10.2 Å². The molecular weight excluding hydrogens is 376 g/mol. The van der Waals surface area contributed by atoms with Crippen molar-refractivity contribution in [1.29, 1.82) is 0 Å². The number of nitrogens with zero attached hydrogens (tertiary/aromatic N) is 2. The number of hydrogen-bond donors (Lipinski definition) is 2. The molecule has 0 aliphatic carbocycles. The number of hydrogen-bond acceptors (Lipinski definition) is 4. The molecule has 0 bridgehead atoms. The quantitative estimate of drug-likeness (QED) is 0.428. The van der Waals surface area contributed by atoms with Gasteiger partial charge in [-0.25, -0.2) is 0 Å². The molecule has 0 amide bonds. The van der Waals surface area contributed by atoms with Gasteiger partial charge in [0.05, 0.1) is 16.8 Å². The fraction of sp³-hybridized carbons (Fsp3) is 0.208. The highest BCUT2D eigenvalue weighted by atomic mass is 32.1. The van der Waals surface area contributed by atoms with Gasteiger partial charge in [-0.1, -0.05) is 54.6 Å². The molecule has 2 N–H and O–H groups in total. The average molecular weight is 403 g/mol. The molecule has 2 aromatic carbocycles. The van der Waals surface area contributed by atoms with E-state index in [1.165, 1.54) is 32.7 Å². The summed E-state index contributed by atoms with van der Waals surface area (Å²) in [6.45, 7) is 2.55. The monoisotopic (exact) mass is 402 g/mol. The lowest BCUT2D eigenvalue weighted by Gasteiger charge is -2.13. The van der Waals surface area contributed by atoms with Gasteiger partial charge in [0.25, 0.3) is 0 Å². The van der Waals surface area contributed by atoms with Crippen LogP contribution in [0.15, 0.2) is 72.2 Å². The molecule has 148 valence electrons. The predicted octanol–water partition coefficient (Wildman–Crippen LogP) is 5.16. The molecule has 0 aliphatic rings. The maximum absolute atomic E-state index is 4.24. The van der Waals surface area contributed by atoms with Crippen LogP contribution >= 0.6 is 11.3 Å². The van der Waals surface area contributed by atoms with E-state index in [-0.39, 0.29) is 0 Å². The lowest BCUT2D eigenvalue weighted by Crippen LogP contribution is -2.13. The molecule has 0 spiro atoms. The molecule has 2 heterocycles. The van der Waals surface area contributed by atoms with Gasteiger partial charge in [-0.2, -0.15) is 5.10 Å². The van der Waals surface area contributed by atoms with E-state index in [0.717, 1.165) is 25.3 Å². The third kappa shape index (κ3) is 4.82. The Morgan fingerprint density at radius 2 is 1.72 bits per heavy atom. The zero-order valence-electron chi connectivity index (χ0n) is 16.9. The van der Waals surface area contributed by atoms with Crippen LogP contribution in [0, 0.1) is 0 Å². The van der Waals surface area contributed by atoms with E-state index < -0.39 is 0 Å². The van der Waals surface area contributed by atoms with Gasteiger partial charge in [0.1, 0.15) is 0 Å². The Morgan fingerprint density at radius 3 is 2.48 bits per heavy atom. The molecule has 0 atom stereocenters. The van der Waals surface area contributed by atoms with Crippen LogP contribution in [0.2, 0.25) is 0 Å². The summed E-state index contributed by atoms with van der Waals surface area (Å²) < 4.78 is 0. The van der Waals surface area contributed by atoms with Crippen LogP contribution in [0.1, 0.15) is 16.7 Å². The Balaban J connectivity index is 1.45. The van der Waals surface area contributed by atoms with Crippen LogP contribution in [0.3, 0.4) is 0 Å². The molecule has 0 saturated carbocycles.